The van der Waals surface area contributed by atoms with Gasteiger partial charge in [-0.15, -0.1) is 0 Å². The molecule has 1 aromatic rings. The van der Waals surface area contributed by atoms with E-state index in [1.807, 2.05) is 32.6 Å². The number of carbonyl (C=O) groups is 1. The van der Waals surface area contributed by atoms with Crippen molar-refractivity contribution in [1.29, 1.82) is 0 Å². The van der Waals surface area contributed by atoms with E-state index in [-0.39, 0.29) is 18.2 Å². The number of ether oxygens (including phenoxy) is 2. The van der Waals surface area contributed by atoms with Crippen LogP contribution in [0.25, 0.3) is 0 Å². The Labute approximate surface area is 144 Å². The van der Waals surface area contributed by atoms with Gasteiger partial charge in [0.15, 0.2) is 0 Å². The maximum atomic E-state index is 12.4. The third kappa shape index (κ3) is 5.74. The van der Waals surface area contributed by atoms with Crippen molar-refractivity contribution in [3.63, 3.8) is 0 Å². The van der Waals surface area contributed by atoms with Crippen molar-refractivity contribution < 1.29 is 14.3 Å². The molecule has 1 saturated heterocycles. The Morgan fingerprint density at radius 1 is 1.38 bits per heavy atom. The largest absolute Gasteiger partial charge is 0.444 e. The molecular formula is C18H29N3O3. The van der Waals surface area contributed by atoms with Crippen molar-refractivity contribution in [3.05, 3.63) is 24.3 Å². The average Bonchev–Trinajstić information content (AvgIpc) is 2.54. The highest BCUT2D eigenvalue weighted by molar-refractivity contribution is 5.68. The van der Waals surface area contributed by atoms with E-state index < -0.39 is 5.60 Å². The Hall–Kier alpha value is -1.69. The zero-order valence-electron chi connectivity index (χ0n) is 15.2. The summed E-state index contributed by atoms with van der Waals surface area (Å²) >= 11 is 0. The number of likely N-dealkylation sites (tertiary alicyclic amines) is 1. The van der Waals surface area contributed by atoms with E-state index in [1.54, 1.807) is 18.6 Å². The third-order valence-electron chi connectivity index (χ3n) is 4.07. The molecule has 1 fully saturated rings. The lowest BCUT2D eigenvalue weighted by molar-refractivity contribution is -0.000633. The van der Waals surface area contributed by atoms with Crippen molar-refractivity contribution in [2.24, 2.45) is 0 Å². The van der Waals surface area contributed by atoms with Crippen molar-refractivity contribution >= 4 is 6.09 Å². The van der Waals surface area contributed by atoms with Crippen LogP contribution in [0.5, 0.6) is 0 Å². The van der Waals surface area contributed by atoms with E-state index in [2.05, 4.69) is 9.97 Å². The van der Waals surface area contributed by atoms with E-state index in [0.717, 1.165) is 37.9 Å². The molecule has 1 aliphatic rings. The van der Waals surface area contributed by atoms with E-state index >= 15 is 0 Å². The molecule has 0 aromatic carbocycles. The molecule has 134 valence electrons. The maximum Gasteiger partial charge on any atom is 0.410 e. The molecule has 2 rings (SSSR count). The van der Waals surface area contributed by atoms with Crippen molar-refractivity contribution in [3.8, 4) is 0 Å². The molecule has 24 heavy (non-hydrogen) atoms. The second kappa shape index (κ2) is 8.42. The fraction of sp³-hybridized carbons (Fsp3) is 0.722. The second-order valence-electron chi connectivity index (χ2n) is 7.26. The lowest BCUT2D eigenvalue weighted by Crippen LogP contribution is -2.46. The molecule has 0 N–H and O–H groups in total. The first-order valence-corrected chi connectivity index (χ1v) is 8.74. The summed E-state index contributed by atoms with van der Waals surface area (Å²) < 4.78 is 11.4. The number of hydrogen-bond donors (Lipinski definition) is 0. The van der Waals surface area contributed by atoms with Crippen molar-refractivity contribution in [1.82, 2.24) is 14.9 Å². The second-order valence-corrected chi connectivity index (χ2v) is 7.26. The molecule has 0 aliphatic carbocycles. The highest BCUT2D eigenvalue weighted by Crippen LogP contribution is 2.23. The van der Waals surface area contributed by atoms with Gasteiger partial charge in [-0.1, -0.05) is 0 Å². The fourth-order valence-electron chi connectivity index (χ4n) is 2.85. The quantitative estimate of drug-likeness (QED) is 0.820. The van der Waals surface area contributed by atoms with Gasteiger partial charge in [0.1, 0.15) is 5.60 Å². The lowest BCUT2D eigenvalue weighted by atomic mass is 10.0. The monoisotopic (exact) mass is 335 g/mol. The molecule has 1 aromatic heterocycles. The molecule has 6 heteroatoms. The van der Waals surface area contributed by atoms with Crippen LogP contribution < -0.4 is 0 Å². The molecular weight excluding hydrogens is 306 g/mol. The number of nitrogens with zero attached hydrogens (tertiary/aromatic N) is 3. The molecule has 6 nitrogen and oxygen atoms in total. The Morgan fingerprint density at radius 2 is 2.17 bits per heavy atom. The van der Waals surface area contributed by atoms with Gasteiger partial charge in [0.05, 0.1) is 18.0 Å². The third-order valence-corrected chi connectivity index (χ3v) is 4.07. The highest BCUT2D eigenvalue weighted by atomic mass is 16.6. The van der Waals surface area contributed by atoms with E-state index in [0.29, 0.717) is 6.61 Å². The molecule has 0 bridgehead atoms. The lowest BCUT2D eigenvalue weighted by Gasteiger charge is -2.36. The van der Waals surface area contributed by atoms with Crippen LogP contribution in [0.15, 0.2) is 18.6 Å². The number of amides is 1. The van der Waals surface area contributed by atoms with E-state index in [9.17, 15) is 4.79 Å². The van der Waals surface area contributed by atoms with Crippen LogP contribution in [-0.4, -0.2) is 45.8 Å². The molecule has 0 spiro atoms. The zero-order valence-corrected chi connectivity index (χ0v) is 15.2. The maximum absolute atomic E-state index is 12.4. The molecule has 0 unspecified atom stereocenters. The predicted octanol–water partition coefficient (Wildman–Crippen LogP) is 3.73. The zero-order chi connectivity index (χ0) is 17.6. The fourth-order valence-corrected chi connectivity index (χ4v) is 2.85. The minimum atomic E-state index is -0.462. The minimum Gasteiger partial charge on any atom is -0.444 e. The number of rotatable bonds is 5. The van der Waals surface area contributed by atoms with Crippen LogP contribution in [0.4, 0.5) is 4.79 Å². The average molecular weight is 335 g/mol. The molecule has 1 aliphatic heterocycles. The van der Waals surface area contributed by atoms with Gasteiger partial charge >= 0.3 is 6.09 Å². The van der Waals surface area contributed by atoms with Crippen LogP contribution in [0.3, 0.4) is 0 Å². The van der Waals surface area contributed by atoms with E-state index in [1.165, 1.54) is 0 Å². The number of piperidine rings is 1. The Kier molecular flexibility index (Phi) is 6.54. The van der Waals surface area contributed by atoms with Gasteiger partial charge in [0.2, 0.25) is 0 Å². The number of aromatic nitrogens is 2. The minimum absolute atomic E-state index is 0.0998. The summed E-state index contributed by atoms with van der Waals surface area (Å²) in [4.78, 5) is 22.6. The van der Waals surface area contributed by atoms with Gasteiger partial charge in [-0.3, -0.25) is 9.97 Å². The first-order chi connectivity index (χ1) is 11.4. The van der Waals surface area contributed by atoms with Gasteiger partial charge in [-0.05, 0) is 53.4 Å². The smallest absolute Gasteiger partial charge is 0.410 e. The summed E-state index contributed by atoms with van der Waals surface area (Å²) in [5.41, 5.74) is 0.362. The van der Waals surface area contributed by atoms with Crippen LogP contribution in [-0.2, 0) is 9.47 Å². The molecule has 2 heterocycles. The van der Waals surface area contributed by atoms with Crippen LogP contribution in [0.1, 0.15) is 65.2 Å². The molecule has 1 amide bonds. The summed E-state index contributed by atoms with van der Waals surface area (Å²) in [5, 5.41) is 0. The van der Waals surface area contributed by atoms with Crippen molar-refractivity contribution in [2.75, 3.05) is 13.2 Å². The molecule has 2 atom stereocenters. The standard InChI is InChI=1S/C18H29N3O3/c1-14(16-13-19-9-10-20-16)23-12-8-15-7-5-6-11-21(15)17(22)24-18(2,3)4/h9-10,13-15H,5-8,11-12H2,1-4H3/t14-,15-/m1/s1. The highest BCUT2D eigenvalue weighted by Gasteiger charge is 2.30. The Balaban J connectivity index is 1.84. The Morgan fingerprint density at radius 3 is 2.83 bits per heavy atom. The SMILES string of the molecule is C[C@@H](OCC[C@H]1CCCCN1C(=O)OC(C)(C)C)c1cnccn1. The summed E-state index contributed by atoms with van der Waals surface area (Å²) in [7, 11) is 0. The number of carbonyl (C=O) groups excluding carboxylic acids is 1. The van der Waals surface area contributed by atoms with Gasteiger partial charge in [0.25, 0.3) is 0 Å². The summed E-state index contributed by atoms with van der Waals surface area (Å²) in [6.45, 7) is 9.01. The van der Waals surface area contributed by atoms with Crippen molar-refractivity contribution in [2.45, 2.75) is 71.1 Å². The van der Waals surface area contributed by atoms with Gasteiger partial charge in [-0.2, -0.15) is 0 Å². The Bertz CT molecular complexity index is 516. The first kappa shape index (κ1) is 18.6. The van der Waals surface area contributed by atoms with Crippen LogP contribution >= 0.6 is 0 Å². The summed E-state index contributed by atoms with van der Waals surface area (Å²) in [6, 6.07) is 0.183. The summed E-state index contributed by atoms with van der Waals surface area (Å²) in [5.74, 6) is 0. The molecule has 0 radical (unpaired) electrons. The summed E-state index contributed by atoms with van der Waals surface area (Å²) in [6.07, 6.45) is 8.71. The van der Waals surface area contributed by atoms with Crippen LogP contribution in [0, 0.1) is 0 Å². The topological polar surface area (TPSA) is 64.5 Å². The number of hydrogen-bond acceptors (Lipinski definition) is 5. The van der Waals surface area contributed by atoms with Gasteiger partial charge in [-0.25, -0.2) is 4.79 Å². The normalized spacial score (nSPS) is 19.8. The van der Waals surface area contributed by atoms with Crippen LogP contribution in [0.2, 0.25) is 0 Å². The molecule has 0 saturated carbocycles. The van der Waals surface area contributed by atoms with Gasteiger partial charge in [0, 0.05) is 31.6 Å². The van der Waals surface area contributed by atoms with E-state index in [4.69, 9.17) is 9.47 Å². The predicted molar refractivity (Wildman–Crippen MR) is 91.6 cm³/mol. The van der Waals surface area contributed by atoms with Gasteiger partial charge < -0.3 is 14.4 Å². The first-order valence-electron chi connectivity index (χ1n) is 8.74.